The maximum absolute atomic E-state index is 10.6. The minimum atomic E-state index is -1.30. The highest BCUT2D eigenvalue weighted by Gasteiger charge is 2.18. The van der Waals surface area contributed by atoms with Crippen LogP contribution >= 0.6 is 0 Å². The van der Waals surface area contributed by atoms with E-state index in [4.69, 9.17) is 10.2 Å². The van der Waals surface area contributed by atoms with Crippen molar-refractivity contribution in [1.82, 2.24) is 5.32 Å². The molecule has 13 heavy (non-hydrogen) atoms. The molecule has 0 aliphatic carbocycles. The summed E-state index contributed by atoms with van der Waals surface area (Å²) in [6.07, 6.45) is -0.848. The third-order valence-electron chi connectivity index (χ3n) is 1.05. The molecule has 0 rings (SSSR count). The molecule has 0 saturated carbocycles. The molecule has 5 N–H and O–H groups in total. The molecule has 0 aliphatic heterocycles. The molecule has 0 fully saturated rings. The zero-order valence-electron chi connectivity index (χ0n) is 7.11. The van der Waals surface area contributed by atoms with E-state index in [9.17, 15) is 9.59 Å². The molecule has 78 valence electrons. The minimum absolute atomic E-state index is 0. The average molecular weight is 195 g/mol. The summed E-state index contributed by atoms with van der Waals surface area (Å²) in [5.74, 6) is -1.30. The standard InChI is InChI=1S/C6H11NO5.H2O/c1-2-12-6(11)7-4(3-8)5(9)10;/h4,8H,2-3H2,1H3,(H,7,11)(H,9,10);1H2. The van der Waals surface area contributed by atoms with Crippen molar-refractivity contribution in [3.8, 4) is 0 Å². The van der Waals surface area contributed by atoms with E-state index in [1.807, 2.05) is 5.32 Å². The molecule has 0 bridgehead atoms. The Morgan fingerprint density at radius 3 is 2.38 bits per heavy atom. The number of amides is 1. The van der Waals surface area contributed by atoms with Crippen molar-refractivity contribution in [2.24, 2.45) is 0 Å². The number of carboxylic acid groups (broad SMARTS) is 1. The fourth-order valence-electron chi connectivity index (χ4n) is 0.500. The molecule has 1 atom stereocenters. The van der Waals surface area contributed by atoms with Crippen LogP contribution in [0.15, 0.2) is 0 Å². The number of alkyl carbamates (subject to hydrolysis) is 1. The van der Waals surface area contributed by atoms with Crippen LogP contribution in [0.3, 0.4) is 0 Å². The lowest BCUT2D eigenvalue weighted by Gasteiger charge is -2.10. The Bertz CT molecular complexity index is 171. The summed E-state index contributed by atoms with van der Waals surface area (Å²) in [7, 11) is 0. The Morgan fingerprint density at radius 1 is 1.54 bits per heavy atom. The number of aliphatic hydroxyl groups is 1. The van der Waals surface area contributed by atoms with Gasteiger partial charge in [-0.3, -0.25) is 0 Å². The van der Waals surface area contributed by atoms with Gasteiger partial charge in [-0.1, -0.05) is 0 Å². The average Bonchev–Trinajstić information content (AvgIpc) is 2.00. The van der Waals surface area contributed by atoms with E-state index < -0.39 is 24.7 Å². The van der Waals surface area contributed by atoms with Gasteiger partial charge in [-0.05, 0) is 6.92 Å². The number of hydrogen-bond donors (Lipinski definition) is 3. The van der Waals surface area contributed by atoms with E-state index in [1.54, 1.807) is 6.92 Å². The smallest absolute Gasteiger partial charge is 0.407 e. The molecule has 1 amide bonds. The van der Waals surface area contributed by atoms with Crippen molar-refractivity contribution in [3.05, 3.63) is 0 Å². The fraction of sp³-hybridized carbons (Fsp3) is 0.667. The molecular weight excluding hydrogens is 182 g/mol. The number of hydrogen-bond acceptors (Lipinski definition) is 4. The van der Waals surface area contributed by atoms with Gasteiger partial charge in [0, 0.05) is 0 Å². The van der Waals surface area contributed by atoms with Gasteiger partial charge in [0.05, 0.1) is 13.2 Å². The summed E-state index contributed by atoms with van der Waals surface area (Å²) in [5.41, 5.74) is 0. The molecule has 0 radical (unpaired) electrons. The van der Waals surface area contributed by atoms with Crippen LogP contribution in [-0.2, 0) is 9.53 Å². The molecule has 0 heterocycles. The second-order valence-electron chi connectivity index (χ2n) is 1.94. The number of ether oxygens (including phenoxy) is 1. The quantitative estimate of drug-likeness (QED) is 0.495. The van der Waals surface area contributed by atoms with Gasteiger partial charge in [0.15, 0.2) is 6.04 Å². The van der Waals surface area contributed by atoms with Crippen molar-refractivity contribution in [2.45, 2.75) is 13.0 Å². The highest BCUT2D eigenvalue weighted by molar-refractivity contribution is 5.79. The Kier molecular flexibility index (Phi) is 7.99. The number of nitrogens with one attached hydrogen (secondary N) is 1. The largest absolute Gasteiger partial charge is 0.480 e. The Morgan fingerprint density at radius 2 is 2.08 bits per heavy atom. The lowest BCUT2D eigenvalue weighted by atomic mass is 10.3. The van der Waals surface area contributed by atoms with Gasteiger partial charge in [-0.25, -0.2) is 9.59 Å². The first kappa shape index (κ1) is 14.2. The molecule has 0 aromatic carbocycles. The van der Waals surface area contributed by atoms with Crippen molar-refractivity contribution >= 4 is 12.1 Å². The molecule has 0 aliphatic rings. The van der Waals surface area contributed by atoms with E-state index >= 15 is 0 Å². The summed E-state index contributed by atoms with van der Waals surface area (Å²) in [6.45, 7) is 1.09. The Labute approximate surface area is 74.6 Å². The number of rotatable bonds is 4. The summed E-state index contributed by atoms with van der Waals surface area (Å²) in [6, 6.07) is -1.30. The summed E-state index contributed by atoms with van der Waals surface area (Å²) in [5, 5.41) is 18.8. The van der Waals surface area contributed by atoms with E-state index in [0.717, 1.165) is 0 Å². The van der Waals surface area contributed by atoms with Gasteiger partial charge in [0.1, 0.15) is 0 Å². The molecule has 0 saturated heterocycles. The summed E-state index contributed by atoms with van der Waals surface area (Å²) in [4.78, 5) is 20.8. The normalized spacial score (nSPS) is 10.9. The van der Waals surface area contributed by atoms with Crippen molar-refractivity contribution in [2.75, 3.05) is 13.2 Å². The van der Waals surface area contributed by atoms with Crippen LogP contribution in [0.4, 0.5) is 4.79 Å². The van der Waals surface area contributed by atoms with Crippen LogP contribution in [0.1, 0.15) is 6.92 Å². The van der Waals surface area contributed by atoms with E-state index in [-0.39, 0.29) is 12.1 Å². The van der Waals surface area contributed by atoms with Crippen LogP contribution in [0.25, 0.3) is 0 Å². The predicted octanol–water partition coefficient (Wildman–Crippen LogP) is -1.65. The summed E-state index contributed by atoms with van der Waals surface area (Å²) < 4.78 is 4.40. The van der Waals surface area contributed by atoms with Crippen molar-refractivity contribution < 1.29 is 30.0 Å². The zero-order valence-corrected chi connectivity index (χ0v) is 7.11. The fourth-order valence-corrected chi connectivity index (χ4v) is 0.500. The molecule has 1 unspecified atom stereocenters. The van der Waals surface area contributed by atoms with Crippen LogP contribution in [0.5, 0.6) is 0 Å². The first-order valence-electron chi connectivity index (χ1n) is 3.38. The topological polar surface area (TPSA) is 127 Å². The molecule has 0 aromatic heterocycles. The zero-order chi connectivity index (χ0) is 9.56. The first-order chi connectivity index (χ1) is 5.61. The number of carboxylic acids is 1. The van der Waals surface area contributed by atoms with Gasteiger partial charge in [-0.15, -0.1) is 0 Å². The number of carbonyl (C=O) groups excluding carboxylic acids is 1. The molecular formula is C6H13NO6. The maximum atomic E-state index is 10.6. The number of carbonyl (C=O) groups is 2. The van der Waals surface area contributed by atoms with Crippen molar-refractivity contribution in [1.29, 1.82) is 0 Å². The van der Waals surface area contributed by atoms with Gasteiger partial charge in [0.2, 0.25) is 0 Å². The van der Waals surface area contributed by atoms with E-state index in [2.05, 4.69) is 4.74 Å². The molecule has 0 aromatic rings. The van der Waals surface area contributed by atoms with Crippen LogP contribution in [-0.4, -0.2) is 47.0 Å². The third kappa shape index (κ3) is 5.88. The van der Waals surface area contributed by atoms with Crippen molar-refractivity contribution in [3.63, 3.8) is 0 Å². The molecule has 7 heteroatoms. The lowest BCUT2D eigenvalue weighted by molar-refractivity contribution is -0.140. The molecule has 0 spiro atoms. The van der Waals surface area contributed by atoms with Crippen LogP contribution in [0, 0.1) is 0 Å². The SMILES string of the molecule is CCOC(=O)NC(CO)C(=O)O.O. The van der Waals surface area contributed by atoms with Gasteiger partial charge in [-0.2, -0.15) is 0 Å². The highest BCUT2D eigenvalue weighted by Crippen LogP contribution is 1.84. The number of aliphatic carboxylic acids is 1. The van der Waals surface area contributed by atoms with E-state index in [1.165, 1.54) is 0 Å². The number of aliphatic hydroxyl groups excluding tert-OH is 1. The van der Waals surface area contributed by atoms with E-state index in [0.29, 0.717) is 0 Å². The predicted molar refractivity (Wildman–Crippen MR) is 42.3 cm³/mol. The monoisotopic (exact) mass is 195 g/mol. The maximum Gasteiger partial charge on any atom is 0.407 e. The second-order valence-corrected chi connectivity index (χ2v) is 1.94. The third-order valence-corrected chi connectivity index (χ3v) is 1.05. The molecule has 7 nitrogen and oxygen atoms in total. The first-order valence-corrected chi connectivity index (χ1v) is 3.38. The minimum Gasteiger partial charge on any atom is -0.480 e. The Hall–Kier alpha value is -1.34. The lowest BCUT2D eigenvalue weighted by Crippen LogP contribution is -2.43. The van der Waals surface area contributed by atoms with Gasteiger partial charge >= 0.3 is 12.1 Å². The second kappa shape index (κ2) is 7.32. The van der Waals surface area contributed by atoms with Crippen LogP contribution < -0.4 is 5.32 Å². The van der Waals surface area contributed by atoms with Gasteiger partial charge < -0.3 is 25.7 Å². The summed E-state index contributed by atoms with van der Waals surface area (Å²) >= 11 is 0. The highest BCUT2D eigenvalue weighted by atomic mass is 16.5. The Balaban J connectivity index is 0. The van der Waals surface area contributed by atoms with Crippen LogP contribution in [0.2, 0.25) is 0 Å². The van der Waals surface area contributed by atoms with Gasteiger partial charge in [0.25, 0.3) is 0 Å².